The van der Waals surface area contributed by atoms with E-state index in [9.17, 15) is 10.1 Å². The fourth-order valence-electron chi connectivity index (χ4n) is 5.47. The fourth-order valence-corrected chi connectivity index (χ4v) is 9.69. The van der Waals surface area contributed by atoms with Crippen molar-refractivity contribution in [3.63, 3.8) is 0 Å². The lowest BCUT2D eigenvalue weighted by Crippen LogP contribution is -2.35. The standard InChI is InChI=1S/C30H34N5O2P/c1-23-18-19-27(35(36)37)22-29(23)32-38(28-16-10-7-11-17-28,33-20-12-4-5-13-21-33)30-24(2)31-34(25(30)3)26-14-8-6-9-15-26/h6-11,14-19,22H,4-5,12-13,20-21H2,1-3H3/t38-/m1/s1. The number of hydrogen-bond donors (Lipinski definition) is 0. The van der Waals surface area contributed by atoms with Crippen LogP contribution in [0.15, 0.2) is 83.6 Å². The number of para-hydroxylation sites is 1. The van der Waals surface area contributed by atoms with Crippen LogP contribution in [0.3, 0.4) is 0 Å². The van der Waals surface area contributed by atoms with Crippen LogP contribution in [-0.2, 0) is 0 Å². The topological polar surface area (TPSA) is 76.6 Å². The molecule has 0 aliphatic carbocycles. The molecule has 1 atom stereocenters. The Morgan fingerprint density at radius 1 is 0.868 bits per heavy atom. The van der Waals surface area contributed by atoms with Gasteiger partial charge in [0, 0.05) is 30.5 Å². The average molecular weight is 528 g/mol. The second-order valence-corrected chi connectivity index (χ2v) is 12.8. The van der Waals surface area contributed by atoms with Crippen LogP contribution in [0.5, 0.6) is 0 Å². The molecule has 0 unspecified atom stereocenters. The highest BCUT2D eigenvalue weighted by Gasteiger charge is 2.38. The van der Waals surface area contributed by atoms with Crippen LogP contribution in [0.2, 0.25) is 0 Å². The Kier molecular flexibility index (Phi) is 7.59. The average Bonchev–Trinajstić information content (AvgIpc) is 3.09. The number of nitro groups is 1. The van der Waals surface area contributed by atoms with E-state index < -0.39 is 7.21 Å². The molecule has 3 aromatic carbocycles. The number of nitro benzene ring substituents is 1. The number of rotatable bonds is 6. The van der Waals surface area contributed by atoms with Gasteiger partial charge in [-0.3, -0.25) is 14.8 Å². The molecule has 38 heavy (non-hydrogen) atoms. The highest BCUT2D eigenvalue weighted by atomic mass is 31.2. The van der Waals surface area contributed by atoms with Gasteiger partial charge in [-0.25, -0.2) is 9.43 Å². The minimum absolute atomic E-state index is 0.0600. The molecule has 5 rings (SSSR count). The minimum atomic E-state index is -2.63. The predicted octanol–water partition coefficient (Wildman–Crippen LogP) is 6.98. The third-order valence-electron chi connectivity index (χ3n) is 7.33. The van der Waals surface area contributed by atoms with Crippen LogP contribution < -0.4 is 10.6 Å². The zero-order valence-electron chi connectivity index (χ0n) is 22.2. The van der Waals surface area contributed by atoms with E-state index in [1.807, 2.05) is 41.9 Å². The Hall–Kier alpha value is -3.54. The predicted molar refractivity (Wildman–Crippen MR) is 156 cm³/mol. The normalized spacial score (nSPS) is 16.0. The van der Waals surface area contributed by atoms with Crippen molar-refractivity contribution in [2.24, 2.45) is 4.74 Å². The summed E-state index contributed by atoms with van der Waals surface area (Å²) in [7, 11) is -2.63. The first kappa shape index (κ1) is 26.1. The Labute approximate surface area is 224 Å². The van der Waals surface area contributed by atoms with Crippen molar-refractivity contribution in [3.05, 3.63) is 106 Å². The molecule has 196 valence electrons. The van der Waals surface area contributed by atoms with Crippen molar-refractivity contribution in [2.45, 2.75) is 46.5 Å². The summed E-state index contributed by atoms with van der Waals surface area (Å²) >= 11 is 0. The quantitative estimate of drug-likeness (QED) is 0.154. The lowest BCUT2D eigenvalue weighted by atomic mass is 10.2. The molecule has 0 N–H and O–H groups in total. The van der Waals surface area contributed by atoms with Crippen LogP contribution in [0, 0.1) is 30.9 Å². The molecule has 2 heterocycles. The van der Waals surface area contributed by atoms with E-state index in [2.05, 4.69) is 54.9 Å². The van der Waals surface area contributed by atoms with Gasteiger partial charge < -0.3 is 0 Å². The van der Waals surface area contributed by atoms with E-state index in [0.717, 1.165) is 59.2 Å². The Morgan fingerprint density at radius 2 is 1.50 bits per heavy atom. The van der Waals surface area contributed by atoms with E-state index in [-0.39, 0.29) is 10.6 Å². The van der Waals surface area contributed by atoms with Crippen LogP contribution >= 0.6 is 7.21 Å². The summed E-state index contributed by atoms with van der Waals surface area (Å²) in [6.07, 6.45) is 4.59. The van der Waals surface area contributed by atoms with E-state index in [1.54, 1.807) is 12.1 Å². The van der Waals surface area contributed by atoms with Gasteiger partial charge in [0.05, 0.1) is 40.2 Å². The molecule has 0 saturated carbocycles. The van der Waals surface area contributed by atoms with Crippen molar-refractivity contribution in [3.8, 4) is 5.69 Å². The summed E-state index contributed by atoms with van der Waals surface area (Å²) < 4.78 is 10.3. The molecule has 0 radical (unpaired) electrons. The van der Waals surface area contributed by atoms with Crippen LogP contribution in [-0.4, -0.2) is 32.5 Å². The maximum Gasteiger partial charge on any atom is 0.271 e. The van der Waals surface area contributed by atoms with Crippen molar-refractivity contribution < 1.29 is 4.92 Å². The van der Waals surface area contributed by atoms with Crippen molar-refractivity contribution in [1.29, 1.82) is 0 Å². The molecule has 1 aliphatic heterocycles. The van der Waals surface area contributed by atoms with E-state index in [4.69, 9.17) is 9.84 Å². The first-order valence-electron chi connectivity index (χ1n) is 13.2. The highest BCUT2D eigenvalue weighted by molar-refractivity contribution is 7.79. The third kappa shape index (κ3) is 4.84. The molecule has 0 bridgehead atoms. The zero-order chi connectivity index (χ0) is 26.7. The largest absolute Gasteiger partial charge is 0.271 e. The molecular weight excluding hydrogens is 493 g/mol. The summed E-state index contributed by atoms with van der Waals surface area (Å²) in [4.78, 5) is 11.4. The van der Waals surface area contributed by atoms with Crippen LogP contribution in [0.1, 0.15) is 42.6 Å². The molecular formula is C30H34N5O2P. The Balaban J connectivity index is 1.90. The van der Waals surface area contributed by atoms with Crippen molar-refractivity contribution in [1.82, 2.24) is 14.5 Å². The van der Waals surface area contributed by atoms with Gasteiger partial charge in [0.15, 0.2) is 0 Å². The number of non-ortho nitro benzene ring substituents is 1. The van der Waals surface area contributed by atoms with E-state index in [1.165, 1.54) is 12.8 Å². The number of aromatic nitrogens is 2. The lowest BCUT2D eigenvalue weighted by Gasteiger charge is -2.37. The van der Waals surface area contributed by atoms with Gasteiger partial charge in [-0.15, -0.1) is 0 Å². The maximum atomic E-state index is 11.7. The third-order valence-corrected chi connectivity index (χ3v) is 11.3. The molecule has 1 aliphatic rings. The first-order chi connectivity index (χ1) is 18.4. The molecule has 0 amide bonds. The second-order valence-electron chi connectivity index (χ2n) is 9.90. The number of hydrogen-bond acceptors (Lipinski definition) is 4. The van der Waals surface area contributed by atoms with Gasteiger partial charge in [0.2, 0.25) is 0 Å². The number of aryl methyl sites for hydroxylation is 2. The summed E-state index contributed by atoms with van der Waals surface area (Å²) in [5.74, 6) is 0. The van der Waals surface area contributed by atoms with Gasteiger partial charge >= 0.3 is 0 Å². The van der Waals surface area contributed by atoms with Gasteiger partial charge in [-0.2, -0.15) is 5.10 Å². The molecule has 4 aromatic rings. The zero-order valence-corrected chi connectivity index (χ0v) is 23.1. The molecule has 0 spiro atoms. The van der Waals surface area contributed by atoms with Gasteiger partial charge in [0.1, 0.15) is 0 Å². The van der Waals surface area contributed by atoms with E-state index in [0.29, 0.717) is 5.69 Å². The summed E-state index contributed by atoms with van der Waals surface area (Å²) in [6.45, 7) is 8.05. The lowest BCUT2D eigenvalue weighted by molar-refractivity contribution is -0.384. The van der Waals surface area contributed by atoms with Gasteiger partial charge in [0.25, 0.3) is 5.69 Å². The first-order valence-corrected chi connectivity index (χ1v) is 14.9. The Morgan fingerprint density at radius 3 is 2.13 bits per heavy atom. The van der Waals surface area contributed by atoms with Crippen molar-refractivity contribution in [2.75, 3.05) is 13.1 Å². The highest BCUT2D eigenvalue weighted by Crippen LogP contribution is 2.56. The van der Waals surface area contributed by atoms with E-state index >= 15 is 0 Å². The van der Waals surface area contributed by atoms with Gasteiger partial charge in [-0.05, 0) is 51.3 Å². The summed E-state index contributed by atoms with van der Waals surface area (Å²) in [6, 6.07) is 25.7. The van der Waals surface area contributed by atoms with Crippen LogP contribution in [0.25, 0.3) is 5.69 Å². The minimum Gasteiger partial charge on any atom is -0.262 e. The Bertz CT molecular complexity index is 1490. The molecule has 1 fully saturated rings. The summed E-state index contributed by atoms with van der Waals surface area (Å²) in [5, 5.41) is 19.1. The smallest absolute Gasteiger partial charge is 0.262 e. The number of nitrogens with zero attached hydrogens (tertiary/aromatic N) is 5. The van der Waals surface area contributed by atoms with Crippen LogP contribution in [0.4, 0.5) is 11.4 Å². The fraction of sp³-hybridized carbons (Fsp3) is 0.300. The molecule has 1 saturated heterocycles. The molecule has 8 heteroatoms. The number of benzene rings is 3. The monoisotopic (exact) mass is 527 g/mol. The molecule has 7 nitrogen and oxygen atoms in total. The maximum absolute atomic E-state index is 11.7. The van der Waals surface area contributed by atoms with Gasteiger partial charge in [-0.1, -0.05) is 67.4 Å². The molecule has 1 aromatic heterocycles. The SMILES string of the molecule is Cc1ccc([N+](=O)[O-])cc1N=[P@@](c1ccccc1)(c1c(C)nn(-c2ccccc2)c1C)N1CCCCCC1. The van der Waals surface area contributed by atoms with Crippen molar-refractivity contribution >= 4 is 29.2 Å². The summed E-state index contributed by atoms with van der Waals surface area (Å²) in [5.41, 5.74) is 4.67. The second kappa shape index (κ2) is 11.1.